The van der Waals surface area contributed by atoms with E-state index in [0.717, 1.165) is 73.4 Å². The molecule has 1 aromatic carbocycles. The minimum atomic E-state index is 0.102. The lowest BCUT2D eigenvalue weighted by Gasteiger charge is -2.33. The molecule has 2 aliphatic rings. The molecule has 4 rings (SSSR count). The van der Waals surface area contributed by atoms with E-state index in [1.807, 2.05) is 29.2 Å². The average molecular weight is 391 g/mol. The molecule has 0 unspecified atom stereocenters. The second-order valence-corrected chi connectivity index (χ2v) is 8.28. The van der Waals surface area contributed by atoms with Crippen molar-refractivity contribution in [3.63, 3.8) is 0 Å². The first-order chi connectivity index (χ1) is 12.7. The molecule has 0 saturated carbocycles. The first-order valence-electron chi connectivity index (χ1n) is 9.30. The molecule has 1 amide bonds. The molecule has 0 N–H and O–H groups in total. The summed E-state index contributed by atoms with van der Waals surface area (Å²) in [5.74, 6) is 1.27. The van der Waals surface area contributed by atoms with Gasteiger partial charge in [0.25, 0.3) is 0 Å². The Kier molecular flexibility index (Phi) is 5.41. The molecule has 26 heavy (non-hydrogen) atoms. The number of aromatic nitrogens is 2. The molecule has 2 saturated heterocycles. The number of piperidine rings is 1. The topological polar surface area (TPSA) is 49.3 Å². The molecule has 2 aliphatic heterocycles. The van der Waals surface area contributed by atoms with E-state index in [1.54, 1.807) is 0 Å². The highest BCUT2D eigenvalue weighted by atomic mass is 35.5. The lowest BCUT2D eigenvalue weighted by molar-refractivity contribution is -0.134. The fraction of sp³-hybridized carbons (Fsp3) is 0.526. The fourth-order valence-electron chi connectivity index (χ4n) is 3.78. The largest absolute Gasteiger partial charge is 0.346 e. The van der Waals surface area contributed by atoms with Crippen LogP contribution < -0.4 is 4.90 Å². The summed E-state index contributed by atoms with van der Waals surface area (Å²) in [6.45, 7) is 3.59. The predicted octanol–water partition coefficient (Wildman–Crippen LogP) is 3.62. The number of benzene rings is 1. The third kappa shape index (κ3) is 4.01. The number of rotatable bonds is 4. The Morgan fingerprint density at radius 1 is 1.15 bits per heavy atom. The Balaban J connectivity index is 1.40. The molecule has 1 aromatic heterocycles. The molecular weight excluding hydrogens is 368 g/mol. The summed E-state index contributed by atoms with van der Waals surface area (Å²) in [4.78, 5) is 21.7. The number of likely N-dealkylation sites (tertiary alicyclic amines) is 1. The van der Waals surface area contributed by atoms with E-state index in [9.17, 15) is 4.79 Å². The van der Waals surface area contributed by atoms with Gasteiger partial charge in [0.1, 0.15) is 5.82 Å². The molecule has 3 heterocycles. The average Bonchev–Trinajstić information content (AvgIpc) is 3.35. The number of amides is 1. The summed E-state index contributed by atoms with van der Waals surface area (Å²) in [6, 6.07) is 7.80. The van der Waals surface area contributed by atoms with Crippen LogP contribution >= 0.6 is 23.1 Å². The Hall–Kier alpha value is -1.66. The number of carbonyl (C=O) groups is 1. The Labute approximate surface area is 163 Å². The zero-order valence-electron chi connectivity index (χ0n) is 14.7. The first kappa shape index (κ1) is 17.7. The molecule has 0 spiro atoms. The SMILES string of the molecule is O=C([C@H]1CCCN(c2nc(Cc3ccc(Cl)cc3)ns2)C1)N1CCCC1. The fourth-order valence-corrected chi connectivity index (χ4v) is 4.62. The smallest absolute Gasteiger partial charge is 0.227 e. The van der Waals surface area contributed by atoms with Crippen molar-refractivity contribution < 1.29 is 4.79 Å². The highest BCUT2D eigenvalue weighted by Crippen LogP contribution is 2.27. The maximum Gasteiger partial charge on any atom is 0.227 e. The van der Waals surface area contributed by atoms with Crippen LogP contribution in [0.25, 0.3) is 0 Å². The summed E-state index contributed by atoms with van der Waals surface area (Å²) < 4.78 is 4.52. The molecular formula is C19H23ClN4OS. The predicted molar refractivity (Wildman–Crippen MR) is 105 cm³/mol. The van der Waals surface area contributed by atoms with E-state index in [0.29, 0.717) is 12.3 Å². The van der Waals surface area contributed by atoms with E-state index < -0.39 is 0 Å². The molecule has 2 aromatic rings. The number of carbonyl (C=O) groups excluding carboxylic acids is 1. The molecule has 2 fully saturated rings. The van der Waals surface area contributed by atoms with Gasteiger partial charge in [0.05, 0.1) is 5.92 Å². The zero-order valence-corrected chi connectivity index (χ0v) is 16.3. The van der Waals surface area contributed by atoms with Crippen LogP contribution in [0.2, 0.25) is 5.02 Å². The van der Waals surface area contributed by atoms with Crippen molar-refractivity contribution in [3.8, 4) is 0 Å². The zero-order chi connectivity index (χ0) is 17.9. The van der Waals surface area contributed by atoms with Crippen LogP contribution in [0.5, 0.6) is 0 Å². The van der Waals surface area contributed by atoms with Gasteiger partial charge in [-0.2, -0.15) is 4.37 Å². The minimum absolute atomic E-state index is 0.102. The van der Waals surface area contributed by atoms with Crippen LogP contribution in [0, 0.1) is 5.92 Å². The van der Waals surface area contributed by atoms with Crippen LogP contribution in [0.1, 0.15) is 37.1 Å². The van der Waals surface area contributed by atoms with Gasteiger partial charge in [-0.15, -0.1) is 0 Å². The van der Waals surface area contributed by atoms with Gasteiger partial charge in [-0.25, -0.2) is 4.98 Å². The van der Waals surface area contributed by atoms with Gasteiger partial charge in [0.15, 0.2) is 0 Å². The number of hydrogen-bond donors (Lipinski definition) is 0. The highest BCUT2D eigenvalue weighted by Gasteiger charge is 2.31. The van der Waals surface area contributed by atoms with Gasteiger partial charge in [-0.3, -0.25) is 4.79 Å². The Morgan fingerprint density at radius 2 is 1.92 bits per heavy atom. The van der Waals surface area contributed by atoms with Gasteiger partial charge >= 0.3 is 0 Å². The van der Waals surface area contributed by atoms with Crippen molar-refractivity contribution in [1.29, 1.82) is 0 Å². The summed E-state index contributed by atoms with van der Waals surface area (Å²) in [6.07, 6.45) is 5.02. The maximum absolute atomic E-state index is 12.7. The molecule has 0 bridgehead atoms. The monoisotopic (exact) mass is 390 g/mol. The lowest BCUT2D eigenvalue weighted by atomic mass is 9.97. The van der Waals surface area contributed by atoms with Crippen LogP contribution in [-0.4, -0.2) is 46.3 Å². The summed E-state index contributed by atoms with van der Waals surface area (Å²) in [5.41, 5.74) is 1.15. The Morgan fingerprint density at radius 3 is 2.69 bits per heavy atom. The van der Waals surface area contributed by atoms with Crippen LogP contribution in [-0.2, 0) is 11.2 Å². The molecule has 1 atom stereocenters. The van der Waals surface area contributed by atoms with Crippen molar-refractivity contribution in [2.45, 2.75) is 32.1 Å². The summed E-state index contributed by atoms with van der Waals surface area (Å²) >= 11 is 7.38. The number of halogens is 1. The molecule has 5 nitrogen and oxygen atoms in total. The number of hydrogen-bond acceptors (Lipinski definition) is 5. The van der Waals surface area contributed by atoms with E-state index in [4.69, 9.17) is 16.6 Å². The molecule has 0 radical (unpaired) electrons. The van der Waals surface area contributed by atoms with Gasteiger partial charge in [-0.05, 0) is 43.4 Å². The Bertz CT molecular complexity index is 757. The third-order valence-electron chi connectivity index (χ3n) is 5.19. The van der Waals surface area contributed by atoms with E-state index in [1.165, 1.54) is 11.5 Å². The van der Waals surface area contributed by atoms with E-state index in [-0.39, 0.29) is 5.92 Å². The summed E-state index contributed by atoms with van der Waals surface area (Å²) in [7, 11) is 0. The lowest BCUT2D eigenvalue weighted by Crippen LogP contribution is -2.44. The van der Waals surface area contributed by atoms with Crippen LogP contribution in [0.4, 0.5) is 5.13 Å². The van der Waals surface area contributed by atoms with Gasteiger partial charge in [0, 0.05) is 49.2 Å². The quantitative estimate of drug-likeness (QED) is 0.800. The van der Waals surface area contributed by atoms with Gasteiger partial charge in [0.2, 0.25) is 11.0 Å². The molecule has 138 valence electrons. The maximum atomic E-state index is 12.7. The van der Waals surface area contributed by atoms with Gasteiger partial charge < -0.3 is 9.80 Å². The van der Waals surface area contributed by atoms with Crippen molar-refractivity contribution in [2.75, 3.05) is 31.1 Å². The van der Waals surface area contributed by atoms with Crippen molar-refractivity contribution in [2.24, 2.45) is 5.92 Å². The first-order valence-corrected chi connectivity index (χ1v) is 10.4. The van der Waals surface area contributed by atoms with Crippen LogP contribution in [0.15, 0.2) is 24.3 Å². The van der Waals surface area contributed by atoms with Crippen molar-refractivity contribution in [1.82, 2.24) is 14.3 Å². The molecule has 7 heteroatoms. The van der Waals surface area contributed by atoms with Crippen molar-refractivity contribution >= 4 is 34.2 Å². The number of anilines is 1. The van der Waals surface area contributed by atoms with Crippen LogP contribution in [0.3, 0.4) is 0 Å². The summed E-state index contributed by atoms with van der Waals surface area (Å²) in [5, 5.41) is 1.68. The van der Waals surface area contributed by atoms with E-state index in [2.05, 4.69) is 9.27 Å². The standard InChI is InChI=1S/C19H23ClN4OS/c20-16-7-5-14(6-8-16)12-17-21-19(26-22-17)24-11-3-4-15(13-24)18(25)23-9-1-2-10-23/h5-8,15H,1-4,9-13H2/t15-/m0/s1. The minimum Gasteiger partial charge on any atom is -0.346 e. The molecule has 0 aliphatic carbocycles. The number of nitrogens with zero attached hydrogens (tertiary/aromatic N) is 4. The second-order valence-electron chi connectivity index (χ2n) is 7.11. The normalized spacial score (nSPS) is 20.6. The van der Waals surface area contributed by atoms with Crippen molar-refractivity contribution in [3.05, 3.63) is 40.7 Å². The van der Waals surface area contributed by atoms with E-state index >= 15 is 0 Å². The van der Waals surface area contributed by atoms with Gasteiger partial charge in [-0.1, -0.05) is 23.7 Å². The second kappa shape index (κ2) is 7.92. The third-order valence-corrected chi connectivity index (χ3v) is 6.26. The highest BCUT2D eigenvalue weighted by molar-refractivity contribution is 7.09.